The Morgan fingerprint density at radius 3 is 2.03 bits per heavy atom. The molecule has 1 amide bonds. The van der Waals surface area contributed by atoms with Crippen LogP contribution in [0, 0.1) is 0 Å². The molecule has 3 rings (SSSR count). The summed E-state index contributed by atoms with van der Waals surface area (Å²) in [5.74, 6) is -1.07. The van der Waals surface area contributed by atoms with Gasteiger partial charge in [-0.3, -0.25) is 4.79 Å². The van der Waals surface area contributed by atoms with Gasteiger partial charge in [-0.1, -0.05) is 80.6 Å². The van der Waals surface area contributed by atoms with Crippen molar-refractivity contribution in [1.29, 1.82) is 0 Å². The highest BCUT2D eigenvalue weighted by Crippen LogP contribution is 2.18. The van der Waals surface area contributed by atoms with E-state index in [9.17, 15) is 18.0 Å². The molecule has 8 heteroatoms. The first-order valence-corrected chi connectivity index (χ1v) is 13.4. The Labute approximate surface area is 213 Å². The molecule has 0 heterocycles. The molecule has 3 aromatic carbocycles. The van der Waals surface area contributed by atoms with Crippen LogP contribution in [0.5, 0.6) is 0 Å². The number of rotatable bonds is 12. The summed E-state index contributed by atoms with van der Waals surface area (Å²) in [6.45, 7) is 4.57. The monoisotopic (exact) mass is 508 g/mol. The average molecular weight is 509 g/mol. The molecule has 0 unspecified atom stereocenters. The summed E-state index contributed by atoms with van der Waals surface area (Å²) in [4.78, 5) is 27.4. The fourth-order valence-corrected chi connectivity index (χ4v) is 5.31. The van der Waals surface area contributed by atoms with Crippen LogP contribution < -0.4 is 0 Å². The van der Waals surface area contributed by atoms with Crippen LogP contribution in [-0.4, -0.2) is 55.7 Å². The van der Waals surface area contributed by atoms with E-state index < -0.39 is 22.6 Å². The third-order valence-corrected chi connectivity index (χ3v) is 7.87. The van der Waals surface area contributed by atoms with Crippen molar-refractivity contribution in [3.8, 4) is 0 Å². The predicted molar refractivity (Wildman–Crippen MR) is 139 cm³/mol. The van der Waals surface area contributed by atoms with E-state index in [1.165, 1.54) is 28.6 Å². The standard InChI is InChI=1S/C28H32N2O5S/c1-3-30(4-2)36(33,34)26-17-11-16-25(20-26)28(32)35-22-27(31)29(21-24-14-9-6-10-15-24)19-18-23-12-7-5-8-13-23/h5-17,20H,3-4,18-19,21-22H2,1-2H3. The molecule has 0 saturated heterocycles. The Morgan fingerprint density at radius 1 is 0.806 bits per heavy atom. The number of carbonyl (C=O) groups is 2. The SMILES string of the molecule is CCN(CC)S(=O)(=O)c1cccc(C(=O)OCC(=O)N(CCc2ccccc2)Cc2ccccc2)c1. The number of nitrogens with zero attached hydrogens (tertiary/aromatic N) is 2. The fraction of sp³-hybridized carbons (Fsp3) is 0.286. The minimum absolute atomic E-state index is 0.0144. The minimum atomic E-state index is -3.72. The molecule has 0 fully saturated rings. The third-order valence-electron chi connectivity index (χ3n) is 5.82. The molecule has 0 saturated carbocycles. The first-order chi connectivity index (χ1) is 17.3. The summed E-state index contributed by atoms with van der Waals surface area (Å²) >= 11 is 0. The molecule has 0 bridgehead atoms. The molecule has 0 aliphatic rings. The van der Waals surface area contributed by atoms with Crippen LogP contribution in [-0.2, 0) is 32.5 Å². The van der Waals surface area contributed by atoms with Gasteiger partial charge in [-0.2, -0.15) is 4.31 Å². The van der Waals surface area contributed by atoms with E-state index in [2.05, 4.69) is 0 Å². The lowest BCUT2D eigenvalue weighted by molar-refractivity contribution is -0.135. The summed E-state index contributed by atoms with van der Waals surface area (Å²) in [5, 5.41) is 0. The van der Waals surface area contributed by atoms with Gasteiger partial charge < -0.3 is 9.64 Å². The third kappa shape index (κ3) is 7.26. The van der Waals surface area contributed by atoms with Crippen LogP contribution >= 0.6 is 0 Å². The number of sulfonamides is 1. The van der Waals surface area contributed by atoms with Crippen LogP contribution in [0.1, 0.15) is 35.3 Å². The number of carbonyl (C=O) groups excluding carboxylic acids is 2. The van der Waals surface area contributed by atoms with Gasteiger partial charge in [0, 0.05) is 26.2 Å². The van der Waals surface area contributed by atoms with Gasteiger partial charge in [0.2, 0.25) is 10.0 Å². The van der Waals surface area contributed by atoms with Gasteiger partial charge in [-0.15, -0.1) is 0 Å². The van der Waals surface area contributed by atoms with E-state index >= 15 is 0 Å². The number of esters is 1. The quantitative estimate of drug-likeness (QED) is 0.343. The maximum atomic E-state index is 13.0. The van der Waals surface area contributed by atoms with Gasteiger partial charge in [0.05, 0.1) is 10.5 Å². The normalized spacial score (nSPS) is 11.3. The number of amides is 1. The van der Waals surface area contributed by atoms with Gasteiger partial charge in [0.1, 0.15) is 0 Å². The summed E-state index contributed by atoms with van der Waals surface area (Å²) in [6, 6.07) is 25.2. The van der Waals surface area contributed by atoms with E-state index in [4.69, 9.17) is 4.74 Å². The highest BCUT2D eigenvalue weighted by Gasteiger charge is 2.23. The average Bonchev–Trinajstić information content (AvgIpc) is 2.91. The molecule has 36 heavy (non-hydrogen) atoms. The van der Waals surface area contributed by atoms with Gasteiger partial charge >= 0.3 is 5.97 Å². The summed E-state index contributed by atoms with van der Waals surface area (Å²) in [7, 11) is -3.72. The zero-order chi connectivity index (χ0) is 26.0. The number of hydrogen-bond donors (Lipinski definition) is 0. The second-order valence-corrected chi connectivity index (χ2v) is 10.2. The summed E-state index contributed by atoms with van der Waals surface area (Å²) in [6.07, 6.45) is 0.665. The highest BCUT2D eigenvalue weighted by molar-refractivity contribution is 7.89. The second-order valence-electron chi connectivity index (χ2n) is 8.23. The molecule has 0 N–H and O–H groups in total. The minimum Gasteiger partial charge on any atom is -0.452 e. The predicted octanol–water partition coefficient (Wildman–Crippen LogP) is 4.15. The Hall–Kier alpha value is -3.49. The van der Waals surface area contributed by atoms with E-state index in [1.54, 1.807) is 18.7 Å². The van der Waals surface area contributed by atoms with Crippen molar-refractivity contribution in [2.24, 2.45) is 0 Å². The van der Waals surface area contributed by atoms with Gasteiger partial charge in [0.25, 0.3) is 5.91 Å². The van der Waals surface area contributed by atoms with Crippen molar-refractivity contribution < 1.29 is 22.7 Å². The van der Waals surface area contributed by atoms with E-state index in [0.717, 1.165) is 11.1 Å². The van der Waals surface area contributed by atoms with Gasteiger partial charge in [-0.25, -0.2) is 13.2 Å². The second kappa shape index (κ2) is 13.0. The molecule has 0 radical (unpaired) electrons. The number of hydrogen-bond acceptors (Lipinski definition) is 5. The van der Waals surface area contributed by atoms with Crippen LogP contribution in [0.4, 0.5) is 0 Å². The van der Waals surface area contributed by atoms with Crippen molar-refractivity contribution in [3.05, 3.63) is 102 Å². The van der Waals surface area contributed by atoms with Gasteiger partial charge in [0.15, 0.2) is 6.61 Å². The molecule has 3 aromatic rings. The van der Waals surface area contributed by atoms with Crippen LogP contribution in [0.2, 0.25) is 0 Å². The Morgan fingerprint density at radius 2 is 1.42 bits per heavy atom. The molecule has 0 atom stereocenters. The molecule has 190 valence electrons. The smallest absolute Gasteiger partial charge is 0.338 e. The molecular weight excluding hydrogens is 476 g/mol. The van der Waals surface area contributed by atoms with Crippen LogP contribution in [0.15, 0.2) is 89.8 Å². The summed E-state index contributed by atoms with van der Waals surface area (Å²) in [5.41, 5.74) is 2.15. The van der Waals surface area contributed by atoms with Crippen LogP contribution in [0.25, 0.3) is 0 Å². The highest BCUT2D eigenvalue weighted by atomic mass is 32.2. The van der Waals surface area contributed by atoms with E-state index in [-0.39, 0.29) is 16.4 Å². The largest absolute Gasteiger partial charge is 0.452 e. The maximum Gasteiger partial charge on any atom is 0.338 e. The lowest BCUT2D eigenvalue weighted by atomic mass is 10.1. The van der Waals surface area contributed by atoms with E-state index in [1.807, 2.05) is 60.7 Å². The molecule has 7 nitrogen and oxygen atoms in total. The zero-order valence-electron chi connectivity index (χ0n) is 20.7. The van der Waals surface area contributed by atoms with Crippen molar-refractivity contribution in [1.82, 2.24) is 9.21 Å². The summed E-state index contributed by atoms with van der Waals surface area (Å²) < 4.78 is 32.2. The number of benzene rings is 3. The lowest BCUT2D eigenvalue weighted by Gasteiger charge is -2.23. The van der Waals surface area contributed by atoms with Crippen molar-refractivity contribution in [2.75, 3.05) is 26.2 Å². The topological polar surface area (TPSA) is 84.0 Å². The first-order valence-electron chi connectivity index (χ1n) is 12.0. The van der Waals surface area contributed by atoms with Crippen molar-refractivity contribution in [3.63, 3.8) is 0 Å². The molecule has 0 aromatic heterocycles. The zero-order valence-corrected chi connectivity index (χ0v) is 21.5. The maximum absolute atomic E-state index is 13.0. The molecule has 0 aliphatic carbocycles. The van der Waals surface area contributed by atoms with E-state index in [0.29, 0.717) is 32.6 Å². The van der Waals surface area contributed by atoms with Gasteiger partial charge in [-0.05, 0) is 35.7 Å². The molecular formula is C28H32N2O5S. The van der Waals surface area contributed by atoms with Crippen molar-refractivity contribution in [2.45, 2.75) is 31.7 Å². The van der Waals surface area contributed by atoms with Crippen LogP contribution in [0.3, 0.4) is 0 Å². The first kappa shape index (κ1) is 27.1. The lowest BCUT2D eigenvalue weighted by Crippen LogP contribution is -2.36. The molecule has 0 spiro atoms. The molecule has 0 aliphatic heterocycles. The number of ether oxygens (including phenoxy) is 1. The Kier molecular flexibility index (Phi) is 9.78. The Balaban J connectivity index is 1.68. The van der Waals surface area contributed by atoms with Crippen molar-refractivity contribution >= 4 is 21.9 Å². The Bertz CT molecular complexity index is 1240. The fourth-order valence-electron chi connectivity index (χ4n) is 3.80.